The van der Waals surface area contributed by atoms with Crippen molar-refractivity contribution in [3.8, 4) is 11.8 Å². The van der Waals surface area contributed by atoms with Crippen molar-refractivity contribution in [1.82, 2.24) is 0 Å². The normalized spacial score (nSPS) is 19.7. The molecule has 1 fully saturated rings. The molecule has 0 nitrogen and oxygen atoms in total. The van der Waals surface area contributed by atoms with Gasteiger partial charge in [-0.2, -0.15) is 0 Å². The van der Waals surface area contributed by atoms with Crippen LogP contribution in [0.5, 0.6) is 0 Å². The molecule has 0 aromatic heterocycles. The highest BCUT2D eigenvalue weighted by atomic mass is 79.9. The van der Waals surface area contributed by atoms with Crippen LogP contribution in [0.4, 0.5) is 4.39 Å². The molecule has 0 aliphatic heterocycles. The molecule has 0 bridgehead atoms. The number of halogens is 2. The van der Waals surface area contributed by atoms with Gasteiger partial charge in [0.2, 0.25) is 0 Å². The van der Waals surface area contributed by atoms with E-state index in [2.05, 4.69) is 71.1 Å². The van der Waals surface area contributed by atoms with Crippen LogP contribution in [0.3, 0.4) is 0 Å². The fourth-order valence-corrected chi connectivity index (χ4v) is 4.09. The largest absolute Gasteiger partial charge is 0.206 e. The topological polar surface area (TPSA) is 0 Å². The quantitative estimate of drug-likeness (QED) is 0.349. The van der Waals surface area contributed by atoms with Gasteiger partial charge in [0.1, 0.15) is 5.82 Å². The fraction of sp³-hybridized carbons (Fsp3) is 0.360. The van der Waals surface area contributed by atoms with Crippen LogP contribution in [0.1, 0.15) is 68.1 Å². The van der Waals surface area contributed by atoms with Gasteiger partial charge in [0, 0.05) is 11.1 Å². The van der Waals surface area contributed by atoms with Crippen LogP contribution in [0.15, 0.2) is 59.1 Å². The second-order valence-corrected chi connectivity index (χ2v) is 8.22. The molecular formula is C25H26BrF. The van der Waals surface area contributed by atoms with Crippen LogP contribution < -0.4 is 0 Å². The average molecular weight is 425 g/mol. The summed E-state index contributed by atoms with van der Waals surface area (Å²) in [5.74, 6) is 7.48. The van der Waals surface area contributed by atoms with Crippen molar-refractivity contribution in [2.75, 3.05) is 0 Å². The Morgan fingerprint density at radius 1 is 1.00 bits per heavy atom. The molecule has 0 heterocycles. The lowest BCUT2D eigenvalue weighted by atomic mass is 9.77. The first-order valence-electron chi connectivity index (χ1n) is 9.84. The smallest absolute Gasteiger partial charge is 0.138 e. The van der Waals surface area contributed by atoms with E-state index in [9.17, 15) is 4.39 Å². The monoisotopic (exact) mass is 424 g/mol. The maximum atomic E-state index is 13.6. The van der Waals surface area contributed by atoms with Crippen LogP contribution in [0, 0.1) is 23.6 Å². The Kier molecular flexibility index (Phi) is 7.30. The molecule has 0 saturated heterocycles. The Balaban J connectivity index is 1.57. The minimum atomic E-state index is -0.279. The molecule has 27 heavy (non-hydrogen) atoms. The minimum Gasteiger partial charge on any atom is -0.206 e. The van der Waals surface area contributed by atoms with Gasteiger partial charge in [0.15, 0.2) is 0 Å². The Morgan fingerprint density at radius 2 is 1.67 bits per heavy atom. The summed E-state index contributed by atoms with van der Waals surface area (Å²) in [7, 11) is 0. The second kappa shape index (κ2) is 9.90. The zero-order chi connectivity index (χ0) is 19.1. The molecule has 3 rings (SSSR count). The van der Waals surface area contributed by atoms with Crippen LogP contribution >= 0.6 is 15.9 Å². The molecule has 2 aromatic carbocycles. The maximum Gasteiger partial charge on any atom is 0.138 e. The summed E-state index contributed by atoms with van der Waals surface area (Å²) in [6.45, 7) is 2.10. The Hall–Kier alpha value is -1.85. The predicted molar refractivity (Wildman–Crippen MR) is 115 cm³/mol. The SMILES string of the molecule is CC=CCC[C@H]1CC[C@H](c2ccc(C#Cc3ccc(Br)c(F)c3)cc2)CC1. The van der Waals surface area contributed by atoms with E-state index in [0.717, 1.165) is 11.5 Å². The van der Waals surface area contributed by atoms with E-state index in [-0.39, 0.29) is 5.82 Å². The van der Waals surface area contributed by atoms with Gasteiger partial charge >= 0.3 is 0 Å². The number of rotatable bonds is 4. The highest BCUT2D eigenvalue weighted by Gasteiger charge is 2.21. The molecule has 0 radical (unpaired) electrons. The third kappa shape index (κ3) is 5.81. The summed E-state index contributed by atoms with van der Waals surface area (Å²) >= 11 is 3.16. The summed E-state index contributed by atoms with van der Waals surface area (Å²) in [6.07, 6.45) is 12.3. The highest BCUT2D eigenvalue weighted by molar-refractivity contribution is 9.10. The zero-order valence-electron chi connectivity index (χ0n) is 15.8. The molecule has 1 aliphatic rings. The number of allylic oxidation sites excluding steroid dienone is 2. The van der Waals surface area contributed by atoms with Crippen molar-refractivity contribution in [3.63, 3.8) is 0 Å². The van der Waals surface area contributed by atoms with Gasteiger partial charge in [-0.1, -0.05) is 36.1 Å². The number of benzene rings is 2. The van der Waals surface area contributed by atoms with Crippen molar-refractivity contribution in [2.45, 2.75) is 51.4 Å². The summed E-state index contributed by atoms with van der Waals surface area (Å²) in [6, 6.07) is 13.6. The molecule has 1 aliphatic carbocycles. The molecular weight excluding hydrogens is 399 g/mol. The first kappa shape index (κ1) is 19.9. The predicted octanol–water partition coefficient (Wildman–Crippen LogP) is 7.62. The van der Waals surface area contributed by atoms with Gasteiger partial charge in [0.05, 0.1) is 4.47 Å². The lowest BCUT2D eigenvalue weighted by Crippen LogP contribution is -2.13. The van der Waals surface area contributed by atoms with Crippen LogP contribution in [0.25, 0.3) is 0 Å². The Bertz CT molecular complexity index is 831. The summed E-state index contributed by atoms with van der Waals surface area (Å²) < 4.78 is 14.0. The van der Waals surface area contributed by atoms with Crippen molar-refractivity contribution in [1.29, 1.82) is 0 Å². The van der Waals surface area contributed by atoms with Crippen LogP contribution in [0.2, 0.25) is 0 Å². The average Bonchev–Trinajstić information content (AvgIpc) is 2.70. The Morgan fingerprint density at radius 3 is 2.33 bits per heavy atom. The van der Waals surface area contributed by atoms with Crippen molar-refractivity contribution in [3.05, 3.63) is 81.6 Å². The second-order valence-electron chi connectivity index (χ2n) is 7.36. The van der Waals surface area contributed by atoms with Crippen molar-refractivity contribution < 1.29 is 4.39 Å². The van der Waals surface area contributed by atoms with E-state index in [1.807, 2.05) is 6.07 Å². The first-order valence-corrected chi connectivity index (χ1v) is 10.6. The standard InChI is InChI=1S/C25H26BrF/c1-2-3-4-5-19-8-13-22(14-9-19)23-15-10-20(11-16-23)6-7-21-12-17-24(26)25(27)18-21/h2-3,10-12,15-19,22H,4-5,8-9,13-14H2,1H3/t19-,22-. The molecule has 1 saturated carbocycles. The van der Waals surface area contributed by atoms with Gasteiger partial charge in [-0.3, -0.25) is 0 Å². The summed E-state index contributed by atoms with van der Waals surface area (Å²) in [5, 5.41) is 0. The highest BCUT2D eigenvalue weighted by Crippen LogP contribution is 2.37. The summed E-state index contributed by atoms with van der Waals surface area (Å²) in [4.78, 5) is 0. The first-order chi connectivity index (χ1) is 13.2. The van der Waals surface area contributed by atoms with Gasteiger partial charge in [-0.15, -0.1) is 0 Å². The maximum absolute atomic E-state index is 13.6. The molecule has 140 valence electrons. The molecule has 0 amide bonds. The van der Waals surface area contributed by atoms with Crippen molar-refractivity contribution in [2.24, 2.45) is 5.92 Å². The van der Waals surface area contributed by atoms with Gasteiger partial charge in [0.25, 0.3) is 0 Å². The third-order valence-corrected chi connectivity index (χ3v) is 6.12. The third-order valence-electron chi connectivity index (χ3n) is 5.48. The molecule has 0 N–H and O–H groups in total. The lowest BCUT2D eigenvalue weighted by Gasteiger charge is -2.28. The number of hydrogen-bond donors (Lipinski definition) is 0. The summed E-state index contributed by atoms with van der Waals surface area (Å²) in [5.41, 5.74) is 3.10. The molecule has 2 heteroatoms. The van der Waals surface area contributed by atoms with Gasteiger partial charge in [-0.25, -0.2) is 4.39 Å². The fourth-order valence-electron chi connectivity index (χ4n) is 3.84. The van der Waals surface area contributed by atoms with Gasteiger partial charge < -0.3 is 0 Å². The molecule has 0 unspecified atom stereocenters. The molecule has 0 atom stereocenters. The Labute approximate surface area is 171 Å². The number of hydrogen-bond acceptors (Lipinski definition) is 0. The lowest BCUT2D eigenvalue weighted by molar-refractivity contribution is 0.312. The van der Waals surface area contributed by atoms with Gasteiger partial charge in [-0.05, 0) is 109 Å². The molecule has 0 spiro atoms. The van der Waals surface area contributed by atoms with Crippen LogP contribution in [-0.4, -0.2) is 0 Å². The molecule has 2 aromatic rings. The van der Waals surface area contributed by atoms with Crippen LogP contribution in [-0.2, 0) is 0 Å². The van der Waals surface area contributed by atoms with E-state index < -0.39 is 0 Å². The van der Waals surface area contributed by atoms with E-state index in [1.165, 1.54) is 50.2 Å². The van der Waals surface area contributed by atoms with E-state index in [1.54, 1.807) is 6.07 Å². The van der Waals surface area contributed by atoms with E-state index >= 15 is 0 Å². The van der Waals surface area contributed by atoms with E-state index in [0.29, 0.717) is 16.0 Å². The minimum absolute atomic E-state index is 0.279. The zero-order valence-corrected chi connectivity index (χ0v) is 17.4. The van der Waals surface area contributed by atoms with E-state index in [4.69, 9.17) is 0 Å². The van der Waals surface area contributed by atoms with Crippen molar-refractivity contribution >= 4 is 15.9 Å².